The molecule has 0 saturated carbocycles. The van der Waals surface area contributed by atoms with Gasteiger partial charge in [-0.25, -0.2) is 9.97 Å². The van der Waals surface area contributed by atoms with Crippen molar-refractivity contribution in [2.75, 3.05) is 24.8 Å². The van der Waals surface area contributed by atoms with Crippen molar-refractivity contribution in [3.8, 4) is 11.5 Å². The molecule has 0 fully saturated rings. The number of methoxy groups -OCH3 is 1. The molecule has 6 nitrogen and oxygen atoms in total. The van der Waals surface area contributed by atoms with Crippen LogP contribution in [0.1, 0.15) is 0 Å². The van der Waals surface area contributed by atoms with Gasteiger partial charge in [0.1, 0.15) is 12.1 Å². The fraction of sp³-hybridized carbons (Fsp3) is 0.231. The number of benzene rings is 1. The van der Waals surface area contributed by atoms with Crippen molar-refractivity contribution in [3.05, 3.63) is 30.6 Å². The van der Waals surface area contributed by atoms with E-state index in [0.29, 0.717) is 23.1 Å². The Morgan fingerprint density at radius 1 is 1.14 bits per heavy atom. The van der Waals surface area contributed by atoms with Gasteiger partial charge in [0.25, 0.3) is 0 Å². The second-order valence-electron chi connectivity index (χ2n) is 3.85. The lowest BCUT2D eigenvalue weighted by Crippen LogP contribution is -2.06. The standard InChI is InChI=1S/C13H14F2N4O2/c1-16-11-10(20-2)12(18-7-17-11)19-8-5-3-4-6-9(8)21-13(14)15/h3-7,13H,1-2H3,(H2,16,17,18,19). The summed E-state index contributed by atoms with van der Waals surface area (Å²) < 4.78 is 34.5. The summed E-state index contributed by atoms with van der Waals surface area (Å²) in [5.41, 5.74) is 0.344. The van der Waals surface area contributed by atoms with Crippen LogP contribution in [0.25, 0.3) is 0 Å². The van der Waals surface area contributed by atoms with Crippen molar-refractivity contribution in [2.24, 2.45) is 0 Å². The van der Waals surface area contributed by atoms with E-state index >= 15 is 0 Å². The number of hydrogen-bond acceptors (Lipinski definition) is 6. The fourth-order valence-corrected chi connectivity index (χ4v) is 1.73. The summed E-state index contributed by atoms with van der Waals surface area (Å²) in [5, 5.41) is 5.75. The van der Waals surface area contributed by atoms with Gasteiger partial charge >= 0.3 is 6.61 Å². The van der Waals surface area contributed by atoms with Gasteiger partial charge in [-0.15, -0.1) is 0 Å². The molecule has 8 heteroatoms. The number of hydrogen-bond donors (Lipinski definition) is 2. The molecule has 21 heavy (non-hydrogen) atoms. The normalized spacial score (nSPS) is 10.3. The quantitative estimate of drug-likeness (QED) is 0.854. The third kappa shape index (κ3) is 3.47. The number of alkyl halides is 2. The number of anilines is 3. The van der Waals surface area contributed by atoms with Gasteiger partial charge in [0, 0.05) is 7.05 Å². The highest BCUT2D eigenvalue weighted by atomic mass is 19.3. The molecule has 0 aliphatic rings. The molecule has 2 N–H and O–H groups in total. The molecule has 2 aromatic rings. The molecule has 112 valence electrons. The Kier molecular flexibility index (Phi) is 4.70. The largest absolute Gasteiger partial charge is 0.490 e. The Morgan fingerprint density at radius 2 is 1.86 bits per heavy atom. The van der Waals surface area contributed by atoms with Gasteiger partial charge in [0.15, 0.2) is 11.6 Å². The minimum Gasteiger partial charge on any atom is -0.490 e. The summed E-state index contributed by atoms with van der Waals surface area (Å²) in [6.45, 7) is -2.91. The number of aromatic nitrogens is 2. The molecule has 1 aromatic heterocycles. The van der Waals surface area contributed by atoms with Gasteiger partial charge < -0.3 is 20.1 Å². The highest BCUT2D eigenvalue weighted by Crippen LogP contribution is 2.34. The van der Waals surface area contributed by atoms with Crippen LogP contribution >= 0.6 is 0 Å². The van der Waals surface area contributed by atoms with Crippen molar-refractivity contribution in [1.82, 2.24) is 9.97 Å². The van der Waals surface area contributed by atoms with Crippen LogP contribution in [0.5, 0.6) is 11.5 Å². The van der Waals surface area contributed by atoms with Crippen LogP contribution in [0.4, 0.5) is 26.1 Å². The van der Waals surface area contributed by atoms with Crippen LogP contribution in [0.2, 0.25) is 0 Å². The Bertz CT molecular complexity index is 610. The first-order valence-corrected chi connectivity index (χ1v) is 6.03. The second-order valence-corrected chi connectivity index (χ2v) is 3.85. The molecule has 0 radical (unpaired) electrons. The van der Waals surface area contributed by atoms with E-state index in [4.69, 9.17) is 4.74 Å². The first-order chi connectivity index (χ1) is 10.2. The molecule has 0 bridgehead atoms. The summed E-state index contributed by atoms with van der Waals surface area (Å²) in [7, 11) is 3.15. The van der Waals surface area contributed by atoms with Gasteiger partial charge in [-0.05, 0) is 12.1 Å². The predicted molar refractivity (Wildman–Crippen MR) is 74.5 cm³/mol. The molecular weight excluding hydrogens is 282 g/mol. The zero-order valence-electron chi connectivity index (χ0n) is 11.4. The maximum Gasteiger partial charge on any atom is 0.387 e. The molecule has 0 spiro atoms. The zero-order chi connectivity index (χ0) is 15.2. The third-order valence-corrected chi connectivity index (χ3v) is 2.60. The maximum absolute atomic E-state index is 12.4. The highest BCUT2D eigenvalue weighted by Gasteiger charge is 2.14. The van der Waals surface area contributed by atoms with Crippen LogP contribution in [0.15, 0.2) is 30.6 Å². The van der Waals surface area contributed by atoms with Crippen molar-refractivity contribution in [1.29, 1.82) is 0 Å². The summed E-state index contributed by atoms with van der Waals surface area (Å²) in [6.07, 6.45) is 1.33. The molecule has 0 aliphatic heterocycles. The van der Waals surface area contributed by atoms with Crippen molar-refractivity contribution in [2.45, 2.75) is 6.61 Å². The lowest BCUT2D eigenvalue weighted by molar-refractivity contribution is -0.0493. The average molecular weight is 296 g/mol. The SMILES string of the molecule is CNc1ncnc(Nc2ccccc2OC(F)F)c1OC. The van der Waals surface area contributed by atoms with Crippen LogP contribution in [-0.2, 0) is 0 Å². The molecule has 1 heterocycles. The van der Waals surface area contributed by atoms with Gasteiger partial charge in [-0.2, -0.15) is 8.78 Å². The number of para-hydroxylation sites is 2. The summed E-state index contributed by atoms with van der Waals surface area (Å²) in [5.74, 6) is 1.19. The van der Waals surface area contributed by atoms with Crippen LogP contribution in [-0.4, -0.2) is 30.7 Å². The smallest absolute Gasteiger partial charge is 0.387 e. The van der Waals surface area contributed by atoms with Crippen LogP contribution in [0, 0.1) is 0 Å². The minimum atomic E-state index is -2.91. The average Bonchev–Trinajstić information content (AvgIpc) is 2.48. The van der Waals surface area contributed by atoms with E-state index in [1.807, 2.05) is 0 Å². The van der Waals surface area contributed by atoms with Crippen molar-refractivity contribution >= 4 is 17.3 Å². The predicted octanol–water partition coefficient (Wildman–Crippen LogP) is 2.87. The zero-order valence-corrected chi connectivity index (χ0v) is 11.4. The summed E-state index contributed by atoms with van der Waals surface area (Å²) >= 11 is 0. The van der Waals surface area contributed by atoms with E-state index in [2.05, 4.69) is 25.3 Å². The molecule has 0 atom stereocenters. The molecule has 0 unspecified atom stereocenters. The number of nitrogens with one attached hydrogen (secondary N) is 2. The number of halogens is 2. The fourth-order valence-electron chi connectivity index (χ4n) is 1.73. The second kappa shape index (κ2) is 6.69. The van der Waals surface area contributed by atoms with E-state index in [0.717, 1.165) is 0 Å². The lowest BCUT2D eigenvalue weighted by Gasteiger charge is -2.15. The first kappa shape index (κ1) is 14.8. The van der Waals surface area contributed by atoms with E-state index in [-0.39, 0.29) is 5.75 Å². The topological polar surface area (TPSA) is 68.3 Å². The number of rotatable bonds is 6. The molecule has 0 aliphatic carbocycles. The highest BCUT2D eigenvalue weighted by molar-refractivity contribution is 5.72. The van der Waals surface area contributed by atoms with E-state index < -0.39 is 6.61 Å². The van der Waals surface area contributed by atoms with Crippen LogP contribution in [0.3, 0.4) is 0 Å². The van der Waals surface area contributed by atoms with Crippen molar-refractivity contribution in [3.63, 3.8) is 0 Å². The molecular formula is C13H14F2N4O2. The van der Waals surface area contributed by atoms with Gasteiger partial charge in [0.05, 0.1) is 12.8 Å². The van der Waals surface area contributed by atoms with E-state index in [1.54, 1.807) is 25.2 Å². The summed E-state index contributed by atoms with van der Waals surface area (Å²) in [6, 6.07) is 6.31. The monoisotopic (exact) mass is 296 g/mol. The Hall–Kier alpha value is -2.64. The van der Waals surface area contributed by atoms with Gasteiger partial charge in [0.2, 0.25) is 5.75 Å². The third-order valence-electron chi connectivity index (χ3n) is 2.60. The Morgan fingerprint density at radius 3 is 2.52 bits per heavy atom. The Balaban J connectivity index is 2.34. The van der Waals surface area contributed by atoms with Gasteiger partial charge in [-0.1, -0.05) is 12.1 Å². The van der Waals surface area contributed by atoms with E-state index in [9.17, 15) is 8.78 Å². The van der Waals surface area contributed by atoms with Gasteiger partial charge in [-0.3, -0.25) is 0 Å². The number of nitrogens with zero attached hydrogens (tertiary/aromatic N) is 2. The summed E-state index contributed by atoms with van der Waals surface area (Å²) in [4.78, 5) is 8.05. The first-order valence-electron chi connectivity index (χ1n) is 6.03. The molecule has 0 saturated heterocycles. The number of ether oxygens (including phenoxy) is 2. The van der Waals surface area contributed by atoms with Crippen molar-refractivity contribution < 1.29 is 18.3 Å². The lowest BCUT2D eigenvalue weighted by atomic mass is 10.3. The minimum absolute atomic E-state index is 0.0131. The van der Waals surface area contributed by atoms with E-state index in [1.165, 1.54) is 19.5 Å². The molecule has 1 aromatic carbocycles. The Labute approximate surface area is 120 Å². The van der Waals surface area contributed by atoms with Crippen LogP contribution < -0.4 is 20.1 Å². The molecule has 2 rings (SSSR count). The maximum atomic E-state index is 12.4. The molecule has 0 amide bonds.